The number of anilines is 2. The quantitative estimate of drug-likeness (QED) is 0.772. The van der Waals surface area contributed by atoms with Crippen LogP contribution in [0.25, 0.3) is 0 Å². The van der Waals surface area contributed by atoms with Gasteiger partial charge in [0.15, 0.2) is 0 Å². The molecule has 0 fully saturated rings. The Hall–Kier alpha value is -1.90. The Morgan fingerprint density at radius 3 is 2.32 bits per heavy atom. The summed E-state index contributed by atoms with van der Waals surface area (Å²) in [5.41, 5.74) is 2.01. The minimum Gasteiger partial charge on any atom is -0.325 e. The van der Waals surface area contributed by atoms with Crippen LogP contribution in [-0.2, 0) is 15.0 Å². The maximum Gasteiger partial charge on any atom is 0.304 e. The van der Waals surface area contributed by atoms with Crippen molar-refractivity contribution >= 4 is 43.4 Å². The minimum absolute atomic E-state index is 0.320. The molecule has 25 heavy (non-hydrogen) atoms. The van der Waals surface area contributed by atoms with Crippen LogP contribution in [0.1, 0.15) is 5.56 Å². The SMILES string of the molecule is Cc1cc(NC(=O)CN(c2ccccc2)S(=O)(=O)N(C)C)ccc1Br. The lowest BCUT2D eigenvalue weighted by Crippen LogP contribution is -2.44. The monoisotopic (exact) mass is 425 g/mol. The normalized spacial score (nSPS) is 11.4. The number of amides is 1. The maximum absolute atomic E-state index is 12.6. The highest BCUT2D eigenvalue weighted by Crippen LogP contribution is 2.21. The smallest absolute Gasteiger partial charge is 0.304 e. The summed E-state index contributed by atoms with van der Waals surface area (Å²) in [5.74, 6) is -0.420. The Labute approximate surface area is 156 Å². The van der Waals surface area contributed by atoms with Gasteiger partial charge in [-0.25, -0.2) is 4.31 Å². The summed E-state index contributed by atoms with van der Waals surface area (Å²) in [6, 6.07) is 13.9. The number of benzene rings is 2. The summed E-state index contributed by atoms with van der Waals surface area (Å²) in [6.45, 7) is 1.59. The second kappa shape index (κ2) is 7.99. The third-order valence-corrected chi connectivity index (χ3v) is 6.22. The molecule has 1 N–H and O–H groups in total. The molecule has 0 aliphatic carbocycles. The van der Waals surface area contributed by atoms with Gasteiger partial charge in [0.05, 0.1) is 5.69 Å². The molecule has 2 aromatic rings. The minimum atomic E-state index is -3.80. The molecule has 1 amide bonds. The van der Waals surface area contributed by atoms with Gasteiger partial charge in [0.25, 0.3) is 0 Å². The Kier molecular flexibility index (Phi) is 6.21. The summed E-state index contributed by atoms with van der Waals surface area (Å²) in [4.78, 5) is 12.4. The fourth-order valence-corrected chi connectivity index (χ4v) is 3.46. The van der Waals surface area contributed by atoms with E-state index in [0.717, 1.165) is 18.6 Å². The molecule has 0 aliphatic rings. The van der Waals surface area contributed by atoms with Gasteiger partial charge in [-0.2, -0.15) is 12.7 Å². The maximum atomic E-state index is 12.6. The van der Waals surface area contributed by atoms with E-state index in [4.69, 9.17) is 0 Å². The average Bonchev–Trinajstić information content (AvgIpc) is 2.56. The van der Waals surface area contributed by atoms with E-state index in [0.29, 0.717) is 11.4 Å². The number of hydrogen-bond acceptors (Lipinski definition) is 3. The van der Waals surface area contributed by atoms with Crippen LogP contribution in [0, 0.1) is 6.92 Å². The van der Waals surface area contributed by atoms with Crippen LogP contribution >= 0.6 is 15.9 Å². The van der Waals surface area contributed by atoms with E-state index < -0.39 is 16.1 Å². The van der Waals surface area contributed by atoms with Gasteiger partial charge < -0.3 is 5.32 Å². The van der Waals surface area contributed by atoms with E-state index >= 15 is 0 Å². The molecule has 0 saturated heterocycles. The number of nitrogens with zero attached hydrogens (tertiary/aromatic N) is 2. The van der Waals surface area contributed by atoms with Gasteiger partial charge in [0.1, 0.15) is 6.54 Å². The Morgan fingerprint density at radius 1 is 1.12 bits per heavy atom. The van der Waals surface area contributed by atoms with Crippen molar-refractivity contribution in [1.29, 1.82) is 0 Å². The molecule has 0 heterocycles. The van der Waals surface area contributed by atoms with Gasteiger partial charge in [-0.1, -0.05) is 34.1 Å². The molecule has 8 heteroatoms. The second-order valence-corrected chi connectivity index (χ2v) is 8.57. The fourth-order valence-electron chi connectivity index (χ4n) is 2.15. The van der Waals surface area contributed by atoms with E-state index in [2.05, 4.69) is 21.2 Å². The number of aryl methyl sites for hydroxylation is 1. The number of hydrogen-bond donors (Lipinski definition) is 1. The predicted molar refractivity (Wildman–Crippen MR) is 104 cm³/mol. The number of halogens is 1. The van der Waals surface area contributed by atoms with Crippen LogP contribution < -0.4 is 9.62 Å². The molecule has 0 unspecified atom stereocenters. The number of rotatable bonds is 6. The van der Waals surface area contributed by atoms with Crippen molar-refractivity contribution in [2.75, 3.05) is 30.3 Å². The zero-order valence-electron chi connectivity index (χ0n) is 14.2. The van der Waals surface area contributed by atoms with E-state index in [1.165, 1.54) is 14.1 Å². The van der Waals surface area contributed by atoms with E-state index in [9.17, 15) is 13.2 Å². The van der Waals surface area contributed by atoms with Crippen LogP contribution in [0.2, 0.25) is 0 Å². The first-order chi connectivity index (χ1) is 11.7. The van der Waals surface area contributed by atoms with E-state index in [1.807, 2.05) is 19.1 Å². The average molecular weight is 426 g/mol. The first kappa shape index (κ1) is 19.4. The molecule has 0 saturated carbocycles. The van der Waals surface area contributed by atoms with Gasteiger partial charge >= 0.3 is 10.2 Å². The van der Waals surface area contributed by atoms with Crippen LogP contribution in [-0.4, -0.2) is 39.3 Å². The van der Waals surface area contributed by atoms with Gasteiger partial charge in [0.2, 0.25) is 5.91 Å². The van der Waals surface area contributed by atoms with E-state index in [-0.39, 0.29) is 6.54 Å². The van der Waals surface area contributed by atoms with Crippen molar-refractivity contribution in [2.45, 2.75) is 6.92 Å². The zero-order chi connectivity index (χ0) is 18.6. The molecule has 0 bridgehead atoms. The second-order valence-electron chi connectivity index (χ2n) is 5.64. The number of para-hydroxylation sites is 1. The van der Waals surface area contributed by atoms with Crippen molar-refractivity contribution in [3.8, 4) is 0 Å². The highest BCUT2D eigenvalue weighted by Gasteiger charge is 2.27. The molecule has 2 rings (SSSR count). The summed E-state index contributed by atoms with van der Waals surface area (Å²) >= 11 is 3.40. The largest absolute Gasteiger partial charge is 0.325 e. The van der Waals surface area contributed by atoms with Crippen LogP contribution in [0.3, 0.4) is 0 Å². The molecule has 0 aliphatic heterocycles. The fraction of sp³-hybridized carbons (Fsp3) is 0.235. The molecule has 0 aromatic heterocycles. The standard InChI is InChI=1S/C17H20BrN3O3S/c1-13-11-14(9-10-16(13)18)19-17(22)12-21(25(23,24)20(2)3)15-7-5-4-6-8-15/h4-11H,12H2,1-3H3,(H,19,22). The lowest BCUT2D eigenvalue weighted by molar-refractivity contribution is -0.114. The van der Waals surface area contributed by atoms with Crippen LogP contribution in [0.15, 0.2) is 53.0 Å². The number of carbonyl (C=O) groups is 1. The number of nitrogens with one attached hydrogen (secondary N) is 1. The highest BCUT2D eigenvalue weighted by molar-refractivity contribution is 9.10. The molecule has 2 aromatic carbocycles. The van der Waals surface area contributed by atoms with Crippen molar-refractivity contribution < 1.29 is 13.2 Å². The molecule has 0 radical (unpaired) electrons. The summed E-state index contributed by atoms with van der Waals surface area (Å²) in [5, 5.41) is 2.74. The van der Waals surface area contributed by atoms with E-state index in [1.54, 1.807) is 36.4 Å². The first-order valence-corrected chi connectivity index (χ1v) is 9.72. The first-order valence-electron chi connectivity index (χ1n) is 7.53. The van der Waals surface area contributed by atoms with Gasteiger partial charge in [0, 0.05) is 24.3 Å². The zero-order valence-corrected chi connectivity index (χ0v) is 16.6. The van der Waals surface area contributed by atoms with Gasteiger partial charge in [-0.3, -0.25) is 4.79 Å². The van der Waals surface area contributed by atoms with Crippen LogP contribution in [0.5, 0.6) is 0 Å². The van der Waals surface area contributed by atoms with Gasteiger partial charge in [-0.05, 0) is 42.8 Å². The Morgan fingerprint density at radius 2 is 1.76 bits per heavy atom. The van der Waals surface area contributed by atoms with Crippen molar-refractivity contribution in [3.05, 3.63) is 58.6 Å². The highest BCUT2D eigenvalue weighted by atomic mass is 79.9. The molecule has 0 atom stereocenters. The summed E-state index contributed by atoms with van der Waals surface area (Å²) in [7, 11) is -0.932. The molecule has 134 valence electrons. The summed E-state index contributed by atoms with van der Waals surface area (Å²) < 4.78 is 28.3. The lowest BCUT2D eigenvalue weighted by Gasteiger charge is -2.26. The topological polar surface area (TPSA) is 69.7 Å². The van der Waals surface area contributed by atoms with Crippen molar-refractivity contribution in [1.82, 2.24) is 4.31 Å². The van der Waals surface area contributed by atoms with Gasteiger partial charge in [-0.15, -0.1) is 0 Å². The summed E-state index contributed by atoms with van der Waals surface area (Å²) in [6.07, 6.45) is 0. The third kappa shape index (κ3) is 4.81. The third-order valence-electron chi connectivity index (χ3n) is 3.51. The predicted octanol–water partition coefficient (Wildman–Crippen LogP) is 3.01. The molecular weight excluding hydrogens is 406 g/mol. The number of carbonyl (C=O) groups excluding carboxylic acids is 1. The van der Waals surface area contributed by atoms with Crippen molar-refractivity contribution in [2.24, 2.45) is 0 Å². The Bertz CT molecular complexity index is 855. The van der Waals surface area contributed by atoms with Crippen molar-refractivity contribution in [3.63, 3.8) is 0 Å². The molecule has 6 nitrogen and oxygen atoms in total. The Balaban J connectivity index is 2.24. The molecule has 0 spiro atoms. The lowest BCUT2D eigenvalue weighted by atomic mass is 10.2. The molecular formula is C17H20BrN3O3S. The van der Waals surface area contributed by atoms with Crippen LogP contribution in [0.4, 0.5) is 11.4 Å².